The van der Waals surface area contributed by atoms with Gasteiger partial charge in [0.25, 0.3) is 0 Å². The van der Waals surface area contributed by atoms with Gasteiger partial charge in [0, 0.05) is 0 Å². The first-order valence-electron chi connectivity index (χ1n) is 11.9. The minimum Gasteiger partial charge on any atom is -0.455 e. The highest BCUT2D eigenvalue weighted by molar-refractivity contribution is 5.90. The van der Waals surface area contributed by atoms with Gasteiger partial charge in [0.1, 0.15) is 5.60 Å². The second-order valence-electron chi connectivity index (χ2n) is 10.7. The monoisotopic (exact) mass is 400 g/mol. The predicted molar refractivity (Wildman–Crippen MR) is 123 cm³/mol. The van der Waals surface area contributed by atoms with Crippen LogP contribution in [-0.4, -0.2) is 11.6 Å². The van der Waals surface area contributed by atoms with Crippen molar-refractivity contribution in [2.75, 3.05) is 0 Å². The van der Waals surface area contributed by atoms with Gasteiger partial charge in [-0.05, 0) is 73.0 Å². The number of esters is 1. The van der Waals surface area contributed by atoms with E-state index in [1.54, 1.807) is 0 Å². The van der Waals surface area contributed by atoms with E-state index in [0.717, 1.165) is 38.5 Å². The van der Waals surface area contributed by atoms with Crippen LogP contribution in [-0.2, 0) is 4.74 Å². The van der Waals surface area contributed by atoms with Crippen LogP contribution in [0.1, 0.15) is 128 Å². The molecule has 1 aliphatic rings. The molecule has 1 aromatic rings. The molecule has 0 radical (unpaired) electrons. The van der Waals surface area contributed by atoms with E-state index in [4.69, 9.17) is 4.74 Å². The first-order chi connectivity index (χ1) is 13.6. The van der Waals surface area contributed by atoms with Crippen LogP contribution in [0.25, 0.3) is 0 Å². The zero-order chi connectivity index (χ0) is 21.7. The number of hydrogen-bond acceptors (Lipinski definition) is 2. The zero-order valence-corrected chi connectivity index (χ0v) is 20.1. The molecule has 0 amide bonds. The third kappa shape index (κ3) is 6.09. The highest BCUT2D eigenvalue weighted by atomic mass is 16.6. The van der Waals surface area contributed by atoms with Crippen LogP contribution in [0.2, 0.25) is 0 Å². The van der Waals surface area contributed by atoms with E-state index in [1.165, 1.54) is 24.8 Å². The Hall–Kier alpha value is -1.31. The summed E-state index contributed by atoms with van der Waals surface area (Å²) in [6.45, 7) is 16.2. The van der Waals surface area contributed by atoms with Gasteiger partial charge >= 0.3 is 5.97 Å². The Morgan fingerprint density at radius 3 is 2.24 bits per heavy atom. The Labute approximate surface area is 179 Å². The van der Waals surface area contributed by atoms with E-state index < -0.39 is 0 Å². The van der Waals surface area contributed by atoms with Crippen molar-refractivity contribution in [3.63, 3.8) is 0 Å². The molecule has 2 rings (SSSR count). The zero-order valence-electron chi connectivity index (χ0n) is 20.1. The lowest BCUT2D eigenvalue weighted by molar-refractivity contribution is -0.0397. The molecule has 2 heteroatoms. The molecule has 1 unspecified atom stereocenters. The topological polar surface area (TPSA) is 26.3 Å². The standard InChI is InChI=1S/C27H44O2/c1-8-25(4,5)20-23(26(6,7)9-2)21-15-14-16-22(19-21)24(28)29-27(10-3)17-12-11-13-18-27/h14-16,19,23H,8-13,17-18,20H2,1-7H3. The summed E-state index contributed by atoms with van der Waals surface area (Å²) in [4.78, 5) is 13.1. The SMILES string of the molecule is CCC(C)(C)CC(c1cccc(C(=O)OC2(CC)CCCCC2)c1)C(C)(C)CC. The quantitative estimate of drug-likeness (QED) is 0.390. The highest BCUT2D eigenvalue weighted by Gasteiger charge is 2.36. The number of carbonyl (C=O) groups excluding carboxylic acids is 1. The molecule has 0 spiro atoms. The first-order valence-corrected chi connectivity index (χ1v) is 11.9. The summed E-state index contributed by atoms with van der Waals surface area (Å²) < 4.78 is 6.14. The van der Waals surface area contributed by atoms with E-state index in [0.29, 0.717) is 11.5 Å². The van der Waals surface area contributed by atoms with Crippen LogP contribution in [0.15, 0.2) is 24.3 Å². The summed E-state index contributed by atoms with van der Waals surface area (Å²) in [7, 11) is 0. The van der Waals surface area contributed by atoms with Crippen LogP contribution in [0, 0.1) is 10.8 Å². The van der Waals surface area contributed by atoms with Gasteiger partial charge in [0.2, 0.25) is 0 Å². The molecule has 0 aliphatic heterocycles. The smallest absolute Gasteiger partial charge is 0.338 e. The minimum absolute atomic E-state index is 0.140. The summed E-state index contributed by atoms with van der Waals surface area (Å²) in [6.07, 6.45) is 9.91. The average Bonchev–Trinajstić information content (AvgIpc) is 2.72. The Morgan fingerprint density at radius 2 is 1.69 bits per heavy atom. The summed E-state index contributed by atoms with van der Waals surface area (Å²) in [5, 5.41) is 0. The van der Waals surface area contributed by atoms with Gasteiger partial charge in [-0.15, -0.1) is 0 Å². The van der Waals surface area contributed by atoms with Gasteiger partial charge < -0.3 is 4.74 Å². The van der Waals surface area contributed by atoms with Crippen LogP contribution in [0.3, 0.4) is 0 Å². The van der Waals surface area contributed by atoms with Crippen molar-refractivity contribution in [3.8, 4) is 0 Å². The predicted octanol–water partition coefficient (Wildman–Crippen LogP) is 8.30. The van der Waals surface area contributed by atoms with Gasteiger partial charge in [-0.1, -0.05) is 79.9 Å². The van der Waals surface area contributed by atoms with Crippen molar-refractivity contribution in [1.29, 1.82) is 0 Å². The Morgan fingerprint density at radius 1 is 1.03 bits per heavy atom. The molecule has 1 atom stereocenters. The normalized spacial score (nSPS) is 18.3. The summed E-state index contributed by atoms with van der Waals surface area (Å²) in [6, 6.07) is 8.30. The first kappa shape index (κ1) is 24.0. The molecular formula is C27H44O2. The maximum atomic E-state index is 13.1. The fourth-order valence-electron chi connectivity index (χ4n) is 4.65. The van der Waals surface area contributed by atoms with Gasteiger partial charge in [-0.3, -0.25) is 0 Å². The average molecular weight is 401 g/mol. The van der Waals surface area contributed by atoms with Crippen molar-refractivity contribution < 1.29 is 9.53 Å². The number of rotatable bonds is 9. The lowest BCUT2D eigenvalue weighted by atomic mass is 9.66. The second-order valence-corrected chi connectivity index (χ2v) is 10.7. The maximum Gasteiger partial charge on any atom is 0.338 e. The summed E-state index contributed by atoms with van der Waals surface area (Å²) in [5.74, 6) is 0.281. The number of ether oxygens (including phenoxy) is 1. The Kier molecular flexibility index (Phi) is 7.99. The van der Waals surface area contributed by atoms with Crippen molar-refractivity contribution in [1.82, 2.24) is 0 Å². The minimum atomic E-state index is -0.252. The third-order valence-corrected chi connectivity index (χ3v) is 7.81. The molecular weight excluding hydrogens is 356 g/mol. The highest BCUT2D eigenvalue weighted by Crippen LogP contribution is 2.46. The molecule has 29 heavy (non-hydrogen) atoms. The van der Waals surface area contributed by atoms with Gasteiger partial charge in [0.15, 0.2) is 0 Å². The Bertz CT molecular complexity index is 665. The van der Waals surface area contributed by atoms with Crippen molar-refractivity contribution in [2.24, 2.45) is 10.8 Å². The number of benzene rings is 1. The summed E-state index contributed by atoms with van der Waals surface area (Å²) in [5.41, 5.74) is 2.21. The van der Waals surface area contributed by atoms with E-state index in [-0.39, 0.29) is 22.4 Å². The van der Waals surface area contributed by atoms with Crippen LogP contribution >= 0.6 is 0 Å². The van der Waals surface area contributed by atoms with Crippen LogP contribution < -0.4 is 0 Å². The molecule has 0 saturated heterocycles. The largest absolute Gasteiger partial charge is 0.455 e. The second kappa shape index (κ2) is 9.67. The molecule has 0 N–H and O–H groups in total. The molecule has 1 aromatic carbocycles. The van der Waals surface area contributed by atoms with E-state index in [2.05, 4.69) is 60.6 Å². The Balaban J connectivity index is 2.30. The molecule has 0 bridgehead atoms. The summed E-state index contributed by atoms with van der Waals surface area (Å²) >= 11 is 0. The van der Waals surface area contributed by atoms with Gasteiger partial charge in [-0.2, -0.15) is 0 Å². The fourth-order valence-corrected chi connectivity index (χ4v) is 4.65. The molecule has 0 aromatic heterocycles. The maximum absolute atomic E-state index is 13.1. The van der Waals surface area contributed by atoms with Crippen molar-refractivity contribution in [2.45, 2.75) is 118 Å². The van der Waals surface area contributed by atoms with Crippen LogP contribution in [0.5, 0.6) is 0 Å². The molecule has 1 aliphatic carbocycles. The number of hydrogen-bond donors (Lipinski definition) is 0. The molecule has 0 heterocycles. The molecule has 1 fully saturated rings. The molecule has 164 valence electrons. The lowest BCUT2D eigenvalue weighted by Crippen LogP contribution is -2.36. The number of carbonyl (C=O) groups is 1. The molecule has 2 nitrogen and oxygen atoms in total. The van der Waals surface area contributed by atoms with E-state index >= 15 is 0 Å². The van der Waals surface area contributed by atoms with Gasteiger partial charge in [-0.25, -0.2) is 4.79 Å². The fraction of sp³-hybridized carbons (Fsp3) is 0.741. The van der Waals surface area contributed by atoms with Crippen molar-refractivity contribution >= 4 is 5.97 Å². The molecule has 1 saturated carbocycles. The van der Waals surface area contributed by atoms with E-state index in [9.17, 15) is 4.79 Å². The van der Waals surface area contributed by atoms with Crippen LogP contribution in [0.4, 0.5) is 0 Å². The van der Waals surface area contributed by atoms with Crippen molar-refractivity contribution in [3.05, 3.63) is 35.4 Å². The van der Waals surface area contributed by atoms with Gasteiger partial charge in [0.05, 0.1) is 5.56 Å². The lowest BCUT2D eigenvalue weighted by Gasteiger charge is -2.39. The van der Waals surface area contributed by atoms with E-state index in [1.807, 2.05) is 12.1 Å². The third-order valence-electron chi connectivity index (χ3n) is 7.81.